The molecule has 1 aromatic carbocycles. The molecular weight excluding hydrogens is 464 g/mol. The molecule has 3 aromatic rings. The standard InChI is InChI=1S/C26H36BrN4O/c1-16-14-22(27)15-17(2)24(16)31-19(4)18(3)23-25(31)28-20(5)29(6)26(23)30-11-9-21(10-12-30)8-7-13-32/h14-15,21,32H,7-13H2,1-6H3/q+1. The van der Waals surface area contributed by atoms with Gasteiger partial charge < -0.3 is 5.11 Å². The van der Waals surface area contributed by atoms with Crippen LogP contribution in [0.5, 0.6) is 0 Å². The van der Waals surface area contributed by atoms with Crippen LogP contribution in [0, 0.1) is 40.5 Å². The summed E-state index contributed by atoms with van der Waals surface area (Å²) in [5.41, 5.74) is 7.35. The smallest absolute Gasteiger partial charge is 0.237 e. The Morgan fingerprint density at radius 3 is 2.31 bits per heavy atom. The number of fused-ring (bicyclic) bond motifs is 1. The van der Waals surface area contributed by atoms with E-state index >= 15 is 0 Å². The number of rotatable bonds is 5. The number of aliphatic hydroxyl groups is 1. The Hall–Kier alpha value is -1.92. The fraction of sp³-hybridized carbons (Fsp3) is 0.538. The second kappa shape index (κ2) is 9.14. The van der Waals surface area contributed by atoms with E-state index in [1.807, 2.05) is 0 Å². The number of aromatic nitrogens is 3. The van der Waals surface area contributed by atoms with Gasteiger partial charge in [0, 0.05) is 23.7 Å². The van der Waals surface area contributed by atoms with Crippen molar-refractivity contribution >= 4 is 32.8 Å². The van der Waals surface area contributed by atoms with Gasteiger partial charge in [0.1, 0.15) is 5.39 Å². The first-order chi connectivity index (χ1) is 15.2. The van der Waals surface area contributed by atoms with Crippen molar-refractivity contribution in [1.82, 2.24) is 9.55 Å². The minimum Gasteiger partial charge on any atom is -0.396 e. The maximum atomic E-state index is 9.19. The summed E-state index contributed by atoms with van der Waals surface area (Å²) in [6.45, 7) is 13.4. The Kier molecular flexibility index (Phi) is 6.64. The van der Waals surface area contributed by atoms with Crippen LogP contribution >= 0.6 is 15.9 Å². The van der Waals surface area contributed by atoms with Crippen molar-refractivity contribution in [3.05, 3.63) is 44.8 Å². The van der Waals surface area contributed by atoms with Gasteiger partial charge in [-0.25, -0.2) is 4.57 Å². The van der Waals surface area contributed by atoms with Gasteiger partial charge in [0.25, 0.3) is 0 Å². The van der Waals surface area contributed by atoms with Gasteiger partial charge in [-0.2, -0.15) is 0 Å². The number of halogens is 1. The minimum absolute atomic E-state index is 0.306. The summed E-state index contributed by atoms with van der Waals surface area (Å²) < 4.78 is 5.75. The van der Waals surface area contributed by atoms with Crippen LogP contribution < -0.4 is 9.47 Å². The average molecular weight is 501 g/mol. The Bertz CT molecular complexity index is 1140. The molecule has 0 amide bonds. The van der Waals surface area contributed by atoms with Crippen molar-refractivity contribution in [2.75, 3.05) is 24.6 Å². The van der Waals surface area contributed by atoms with Gasteiger partial charge in [0.2, 0.25) is 17.3 Å². The molecule has 0 spiro atoms. The van der Waals surface area contributed by atoms with Crippen molar-refractivity contribution in [2.24, 2.45) is 13.0 Å². The second-order valence-corrected chi connectivity index (χ2v) is 10.4. The van der Waals surface area contributed by atoms with Crippen molar-refractivity contribution in [3.8, 4) is 5.69 Å². The molecule has 2 aromatic heterocycles. The molecule has 1 aliphatic rings. The number of benzene rings is 1. The van der Waals surface area contributed by atoms with E-state index in [0.29, 0.717) is 6.61 Å². The Morgan fingerprint density at radius 1 is 1.09 bits per heavy atom. The first-order valence-electron chi connectivity index (χ1n) is 11.8. The number of nitrogens with zero attached hydrogens (tertiary/aromatic N) is 4. The molecule has 0 saturated carbocycles. The van der Waals surface area contributed by atoms with Crippen molar-refractivity contribution in [3.63, 3.8) is 0 Å². The summed E-state index contributed by atoms with van der Waals surface area (Å²) in [6.07, 6.45) is 4.43. The number of hydrogen-bond donors (Lipinski definition) is 1. The number of piperidine rings is 1. The molecule has 0 unspecified atom stereocenters. The highest BCUT2D eigenvalue weighted by Crippen LogP contribution is 2.37. The minimum atomic E-state index is 0.306. The largest absolute Gasteiger partial charge is 0.396 e. The van der Waals surface area contributed by atoms with Gasteiger partial charge in [-0.15, -0.1) is 0 Å². The first kappa shape index (κ1) is 23.2. The molecule has 0 atom stereocenters. The maximum Gasteiger partial charge on any atom is 0.237 e. The molecule has 1 fully saturated rings. The summed E-state index contributed by atoms with van der Waals surface area (Å²) in [5, 5.41) is 10.5. The summed E-state index contributed by atoms with van der Waals surface area (Å²) in [6, 6.07) is 4.38. The maximum absolute atomic E-state index is 9.19. The lowest BCUT2D eigenvalue weighted by Gasteiger charge is -2.30. The molecule has 32 heavy (non-hydrogen) atoms. The van der Waals surface area contributed by atoms with E-state index in [-0.39, 0.29) is 0 Å². The third kappa shape index (κ3) is 3.96. The van der Waals surface area contributed by atoms with E-state index in [1.54, 1.807) is 0 Å². The van der Waals surface area contributed by atoms with E-state index in [0.717, 1.165) is 47.8 Å². The molecule has 5 nitrogen and oxygen atoms in total. The zero-order chi connectivity index (χ0) is 23.2. The topological polar surface area (TPSA) is 45.2 Å². The van der Waals surface area contributed by atoms with Gasteiger partial charge in [-0.1, -0.05) is 20.9 Å². The Balaban J connectivity index is 1.87. The Labute approximate surface area is 200 Å². The molecule has 4 rings (SSSR count). The summed E-state index contributed by atoms with van der Waals surface area (Å²) in [7, 11) is 2.15. The molecule has 0 bridgehead atoms. The normalized spacial score (nSPS) is 15.2. The summed E-state index contributed by atoms with van der Waals surface area (Å²) >= 11 is 3.65. The molecule has 1 N–H and O–H groups in total. The lowest BCUT2D eigenvalue weighted by Crippen LogP contribution is -2.45. The van der Waals surface area contributed by atoms with E-state index in [1.165, 1.54) is 52.1 Å². The highest BCUT2D eigenvalue weighted by Gasteiger charge is 2.32. The lowest BCUT2D eigenvalue weighted by atomic mass is 9.92. The molecule has 3 heterocycles. The van der Waals surface area contributed by atoms with Crippen LogP contribution in [0.4, 0.5) is 5.82 Å². The van der Waals surface area contributed by atoms with E-state index in [2.05, 4.69) is 83.8 Å². The number of hydrogen-bond acceptors (Lipinski definition) is 3. The van der Waals surface area contributed by atoms with Gasteiger partial charge in [0.05, 0.1) is 25.8 Å². The predicted octanol–water partition coefficient (Wildman–Crippen LogP) is 5.14. The van der Waals surface area contributed by atoms with Crippen LogP contribution in [-0.4, -0.2) is 34.4 Å². The van der Waals surface area contributed by atoms with Crippen LogP contribution in [0.15, 0.2) is 16.6 Å². The van der Waals surface area contributed by atoms with Gasteiger partial charge >= 0.3 is 0 Å². The molecule has 1 saturated heterocycles. The zero-order valence-corrected chi connectivity index (χ0v) is 21.9. The second-order valence-electron chi connectivity index (χ2n) is 9.47. The number of aliphatic hydroxyl groups excluding tert-OH is 1. The van der Waals surface area contributed by atoms with Gasteiger partial charge in [-0.05, 0) is 88.1 Å². The van der Waals surface area contributed by atoms with Crippen LogP contribution in [0.2, 0.25) is 0 Å². The van der Waals surface area contributed by atoms with Crippen molar-refractivity contribution in [2.45, 2.75) is 60.3 Å². The average Bonchev–Trinajstić information content (AvgIpc) is 2.98. The fourth-order valence-corrected chi connectivity index (χ4v) is 6.11. The predicted molar refractivity (Wildman–Crippen MR) is 135 cm³/mol. The summed E-state index contributed by atoms with van der Waals surface area (Å²) in [4.78, 5) is 7.67. The third-order valence-corrected chi connectivity index (χ3v) is 7.80. The Morgan fingerprint density at radius 2 is 1.72 bits per heavy atom. The molecule has 6 heteroatoms. The van der Waals surface area contributed by atoms with E-state index in [4.69, 9.17) is 4.98 Å². The highest BCUT2D eigenvalue weighted by molar-refractivity contribution is 9.10. The summed E-state index contributed by atoms with van der Waals surface area (Å²) in [5.74, 6) is 3.04. The highest BCUT2D eigenvalue weighted by atomic mass is 79.9. The first-order valence-corrected chi connectivity index (χ1v) is 12.5. The van der Waals surface area contributed by atoms with Crippen LogP contribution in [0.25, 0.3) is 16.7 Å². The fourth-order valence-electron chi connectivity index (χ4n) is 5.42. The molecule has 0 radical (unpaired) electrons. The van der Waals surface area contributed by atoms with Crippen LogP contribution in [-0.2, 0) is 7.05 Å². The number of aryl methyl sites for hydroxylation is 4. The van der Waals surface area contributed by atoms with Crippen molar-refractivity contribution < 1.29 is 9.67 Å². The monoisotopic (exact) mass is 499 g/mol. The van der Waals surface area contributed by atoms with Crippen LogP contribution in [0.3, 0.4) is 0 Å². The van der Waals surface area contributed by atoms with E-state index in [9.17, 15) is 5.11 Å². The SMILES string of the molecule is Cc1cc(Br)cc(C)c1-n1c(C)c(C)c2c(N3CCC(CCCO)CC3)[n+](C)c(C)nc21. The third-order valence-electron chi connectivity index (χ3n) is 7.35. The van der Waals surface area contributed by atoms with Crippen LogP contribution in [0.1, 0.15) is 53.9 Å². The number of anilines is 1. The molecular formula is C26H36BrN4O+. The van der Waals surface area contributed by atoms with Gasteiger partial charge in [0.15, 0.2) is 0 Å². The lowest BCUT2D eigenvalue weighted by molar-refractivity contribution is -0.667. The quantitative estimate of drug-likeness (QED) is 0.494. The molecule has 1 aliphatic heterocycles. The molecule has 172 valence electrons. The molecule has 0 aliphatic carbocycles. The zero-order valence-electron chi connectivity index (χ0n) is 20.3. The van der Waals surface area contributed by atoms with Crippen molar-refractivity contribution in [1.29, 1.82) is 0 Å². The van der Waals surface area contributed by atoms with Gasteiger partial charge in [-0.3, -0.25) is 9.47 Å². The van der Waals surface area contributed by atoms with E-state index < -0.39 is 0 Å².